The molecule has 1 heterocycles. The van der Waals surface area contributed by atoms with Gasteiger partial charge >= 0.3 is 0 Å². The Hall–Kier alpha value is -0.570. The van der Waals surface area contributed by atoms with Crippen molar-refractivity contribution < 1.29 is 0 Å². The minimum atomic E-state index is -0.0532. The lowest BCUT2D eigenvalue weighted by molar-refractivity contribution is 0.514. The van der Waals surface area contributed by atoms with E-state index >= 15 is 0 Å². The Bertz CT molecular complexity index is 207. The second-order valence-corrected chi connectivity index (χ2v) is 3.49. The molecule has 0 amide bonds. The number of halogens is 1. The molecule has 0 aliphatic rings. The van der Waals surface area contributed by atoms with Gasteiger partial charge < -0.3 is 0 Å². The molecule has 1 aromatic rings. The fourth-order valence-electron chi connectivity index (χ4n) is 0.725. The van der Waals surface area contributed by atoms with Gasteiger partial charge in [0.25, 0.3) is 0 Å². The molecule has 0 N–H and O–H groups in total. The van der Waals surface area contributed by atoms with Gasteiger partial charge in [0.15, 0.2) is 0 Å². The smallest absolute Gasteiger partial charge is 0.100 e. The molecule has 0 saturated carbocycles. The highest BCUT2D eigenvalue weighted by atomic mass is 35.5. The van der Waals surface area contributed by atoms with Crippen LogP contribution in [0, 0.1) is 0 Å². The monoisotopic (exact) mass is 173 g/mol. The standard InChI is InChI=1S/C7H12ClN3/c1-5(2)11-4-7(6(3)8)9-10-11/h4-6H,1-3H3. The highest BCUT2D eigenvalue weighted by molar-refractivity contribution is 6.20. The number of alkyl halides is 1. The molecule has 0 spiro atoms. The van der Waals surface area contributed by atoms with Crippen LogP contribution in [0.15, 0.2) is 6.20 Å². The molecule has 1 aromatic heterocycles. The minimum absolute atomic E-state index is 0.0532. The number of aromatic nitrogens is 3. The van der Waals surface area contributed by atoms with E-state index in [-0.39, 0.29) is 5.38 Å². The van der Waals surface area contributed by atoms with Gasteiger partial charge in [-0.15, -0.1) is 16.7 Å². The molecule has 0 bridgehead atoms. The van der Waals surface area contributed by atoms with Crippen molar-refractivity contribution in [2.45, 2.75) is 32.2 Å². The summed E-state index contributed by atoms with van der Waals surface area (Å²) in [6.45, 7) is 5.99. The van der Waals surface area contributed by atoms with Crippen LogP contribution >= 0.6 is 11.6 Å². The second kappa shape index (κ2) is 3.22. The van der Waals surface area contributed by atoms with E-state index in [9.17, 15) is 0 Å². The Kier molecular flexibility index (Phi) is 2.49. The summed E-state index contributed by atoms with van der Waals surface area (Å²) in [5.41, 5.74) is 0.834. The molecule has 0 radical (unpaired) electrons. The largest absolute Gasteiger partial charge is 0.250 e. The number of nitrogens with zero attached hydrogens (tertiary/aromatic N) is 3. The molecule has 62 valence electrons. The molecule has 0 aromatic carbocycles. The average molecular weight is 174 g/mol. The third-order valence-electron chi connectivity index (χ3n) is 1.46. The van der Waals surface area contributed by atoms with E-state index in [2.05, 4.69) is 24.2 Å². The molecule has 4 heteroatoms. The SMILES string of the molecule is CC(Cl)c1cn(C(C)C)nn1. The fraction of sp³-hybridized carbons (Fsp3) is 0.714. The number of rotatable bonds is 2. The summed E-state index contributed by atoms with van der Waals surface area (Å²) < 4.78 is 1.80. The van der Waals surface area contributed by atoms with Gasteiger partial charge in [0.1, 0.15) is 5.69 Å². The van der Waals surface area contributed by atoms with E-state index in [1.54, 1.807) is 4.68 Å². The lowest BCUT2D eigenvalue weighted by atomic mass is 10.3. The fourth-order valence-corrected chi connectivity index (χ4v) is 0.825. The first kappa shape index (κ1) is 8.53. The molecule has 0 aliphatic carbocycles. The molecule has 0 saturated heterocycles. The molecular weight excluding hydrogens is 162 g/mol. The zero-order chi connectivity index (χ0) is 8.43. The topological polar surface area (TPSA) is 30.7 Å². The molecule has 11 heavy (non-hydrogen) atoms. The second-order valence-electron chi connectivity index (χ2n) is 2.83. The molecule has 0 fully saturated rings. The highest BCUT2D eigenvalue weighted by Gasteiger charge is 2.07. The Morgan fingerprint density at radius 2 is 2.09 bits per heavy atom. The molecule has 1 rings (SSSR count). The van der Waals surface area contributed by atoms with Crippen molar-refractivity contribution in [2.24, 2.45) is 0 Å². The van der Waals surface area contributed by atoms with Crippen molar-refractivity contribution in [1.82, 2.24) is 15.0 Å². The van der Waals surface area contributed by atoms with Gasteiger partial charge in [0, 0.05) is 6.04 Å². The summed E-state index contributed by atoms with van der Waals surface area (Å²) in [7, 11) is 0. The predicted octanol–water partition coefficient (Wildman–Crippen LogP) is 2.16. The van der Waals surface area contributed by atoms with Crippen LogP contribution in [-0.2, 0) is 0 Å². The van der Waals surface area contributed by atoms with Gasteiger partial charge in [0.2, 0.25) is 0 Å². The summed E-state index contributed by atoms with van der Waals surface area (Å²) in [6.07, 6.45) is 1.88. The van der Waals surface area contributed by atoms with Crippen molar-refractivity contribution in [3.05, 3.63) is 11.9 Å². The van der Waals surface area contributed by atoms with Gasteiger partial charge in [-0.05, 0) is 20.8 Å². The van der Waals surface area contributed by atoms with Crippen LogP contribution in [0.4, 0.5) is 0 Å². The Morgan fingerprint density at radius 3 is 2.36 bits per heavy atom. The highest BCUT2D eigenvalue weighted by Crippen LogP contribution is 2.16. The zero-order valence-electron chi connectivity index (χ0n) is 6.95. The maximum atomic E-state index is 5.81. The molecular formula is C7H12ClN3. The zero-order valence-corrected chi connectivity index (χ0v) is 7.71. The lowest BCUT2D eigenvalue weighted by Crippen LogP contribution is -2.00. The summed E-state index contributed by atoms with van der Waals surface area (Å²) in [5, 5.41) is 7.78. The van der Waals surface area contributed by atoms with Gasteiger partial charge in [-0.25, -0.2) is 4.68 Å². The quantitative estimate of drug-likeness (QED) is 0.642. The van der Waals surface area contributed by atoms with E-state index < -0.39 is 0 Å². The van der Waals surface area contributed by atoms with Crippen molar-refractivity contribution in [3.63, 3.8) is 0 Å². The maximum Gasteiger partial charge on any atom is 0.100 e. The first-order valence-electron chi connectivity index (χ1n) is 3.67. The van der Waals surface area contributed by atoms with Crippen LogP contribution in [0.25, 0.3) is 0 Å². The van der Waals surface area contributed by atoms with Gasteiger partial charge in [-0.3, -0.25) is 0 Å². The van der Waals surface area contributed by atoms with Crippen LogP contribution in [0.5, 0.6) is 0 Å². The predicted molar refractivity (Wildman–Crippen MR) is 44.7 cm³/mol. The van der Waals surface area contributed by atoms with Crippen LogP contribution in [0.3, 0.4) is 0 Å². The van der Waals surface area contributed by atoms with Crippen molar-refractivity contribution in [2.75, 3.05) is 0 Å². The first-order valence-corrected chi connectivity index (χ1v) is 4.10. The summed E-state index contributed by atoms with van der Waals surface area (Å²) >= 11 is 5.81. The van der Waals surface area contributed by atoms with Gasteiger partial charge in [-0.2, -0.15) is 0 Å². The van der Waals surface area contributed by atoms with Crippen LogP contribution in [-0.4, -0.2) is 15.0 Å². The number of hydrogen-bond donors (Lipinski definition) is 0. The number of hydrogen-bond acceptors (Lipinski definition) is 2. The molecule has 1 unspecified atom stereocenters. The van der Waals surface area contributed by atoms with Crippen LogP contribution in [0.2, 0.25) is 0 Å². The minimum Gasteiger partial charge on any atom is -0.250 e. The van der Waals surface area contributed by atoms with Gasteiger partial charge in [0.05, 0.1) is 11.6 Å². The van der Waals surface area contributed by atoms with Crippen LogP contribution in [0.1, 0.15) is 37.9 Å². The van der Waals surface area contributed by atoms with E-state index in [1.807, 2.05) is 13.1 Å². The Balaban J connectivity index is 2.82. The third-order valence-corrected chi connectivity index (χ3v) is 1.69. The summed E-state index contributed by atoms with van der Waals surface area (Å²) in [6, 6.07) is 0.353. The Labute approximate surface area is 71.4 Å². The maximum absolute atomic E-state index is 5.81. The third kappa shape index (κ3) is 1.93. The van der Waals surface area contributed by atoms with E-state index in [0.29, 0.717) is 6.04 Å². The van der Waals surface area contributed by atoms with Crippen molar-refractivity contribution in [3.8, 4) is 0 Å². The van der Waals surface area contributed by atoms with Gasteiger partial charge in [-0.1, -0.05) is 5.21 Å². The van der Waals surface area contributed by atoms with E-state index in [1.165, 1.54) is 0 Å². The van der Waals surface area contributed by atoms with E-state index in [4.69, 9.17) is 11.6 Å². The average Bonchev–Trinajstić information content (AvgIpc) is 2.33. The summed E-state index contributed by atoms with van der Waals surface area (Å²) in [5.74, 6) is 0. The van der Waals surface area contributed by atoms with E-state index in [0.717, 1.165) is 5.69 Å². The van der Waals surface area contributed by atoms with Crippen molar-refractivity contribution >= 4 is 11.6 Å². The lowest BCUT2D eigenvalue weighted by Gasteiger charge is -2.01. The van der Waals surface area contributed by atoms with Crippen molar-refractivity contribution in [1.29, 1.82) is 0 Å². The molecule has 1 atom stereocenters. The Morgan fingerprint density at radius 1 is 1.45 bits per heavy atom. The molecule has 3 nitrogen and oxygen atoms in total. The first-order chi connectivity index (χ1) is 5.11. The van der Waals surface area contributed by atoms with Crippen LogP contribution < -0.4 is 0 Å². The summed E-state index contributed by atoms with van der Waals surface area (Å²) in [4.78, 5) is 0. The molecule has 0 aliphatic heterocycles. The normalized spacial score (nSPS) is 13.9.